The van der Waals surface area contributed by atoms with E-state index in [9.17, 15) is 35.1 Å². The molecule has 0 aromatic heterocycles. The van der Waals surface area contributed by atoms with Crippen molar-refractivity contribution >= 4 is 0 Å². The SMILES string of the molecule is C=C(/C=C(F)\C(F)=C\F)OC(F)(F)c1c(F)cc(-c2ccc(C3CCCCC3)cc2F)cc1F. The number of halogens is 8. The number of alkyl halides is 2. The fraction of sp³-hybridized carbons (Fsp3) is 0.280. The number of hydrogen-bond donors (Lipinski definition) is 0. The van der Waals surface area contributed by atoms with E-state index in [1.165, 1.54) is 12.1 Å². The molecule has 34 heavy (non-hydrogen) atoms. The predicted octanol–water partition coefficient (Wildman–Crippen LogP) is 9.03. The Bertz CT molecular complexity index is 1110. The van der Waals surface area contributed by atoms with Crippen LogP contribution in [-0.2, 0) is 10.8 Å². The zero-order chi connectivity index (χ0) is 25.0. The van der Waals surface area contributed by atoms with Gasteiger partial charge in [0.1, 0.15) is 35.1 Å². The third kappa shape index (κ3) is 5.69. The molecule has 0 spiro atoms. The van der Waals surface area contributed by atoms with Crippen LogP contribution in [0.5, 0.6) is 0 Å². The lowest BCUT2D eigenvalue weighted by Gasteiger charge is -2.22. The Morgan fingerprint density at radius 2 is 1.53 bits per heavy atom. The molecule has 0 atom stereocenters. The maximum Gasteiger partial charge on any atom is 0.432 e. The highest BCUT2D eigenvalue weighted by molar-refractivity contribution is 5.65. The van der Waals surface area contributed by atoms with Crippen LogP contribution >= 0.6 is 0 Å². The minimum Gasteiger partial charge on any atom is -0.429 e. The standard InChI is InChI=1S/C25H20F8O/c1-14(9-20(28)23(31)13-26)34-25(32,33)24-21(29)11-17(12-22(24)30)18-8-7-16(10-19(18)27)15-5-3-2-4-6-15/h7-13,15H,1-6H2/b20-9+,23-13-. The zero-order valence-electron chi connectivity index (χ0n) is 17.8. The number of allylic oxidation sites excluding steroid dienone is 3. The Morgan fingerprint density at radius 3 is 2.09 bits per heavy atom. The fourth-order valence-electron chi connectivity index (χ4n) is 3.97. The molecule has 3 rings (SSSR count). The molecule has 0 unspecified atom stereocenters. The maximum atomic E-state index is 14.7. The number of rotatable bonds is 7. The smallest absolute Gasteiger partial charge is 0.429 e. The van der Waals surface area contributed by atoms with Gasteiger partial charge in [-0.2, -0.15) is 8.78 Å². The van der Waals surface area contributed by atoms with Crippen molar-refractivity contribution in [1.29, 1.82) is 0 Å². The Kier molecular flexibility index (Phi) is 7.84. The molecule has 2 aromatic rings. The summed E-state index contributed by atoms with van der Waals surface area (Å²) in [4.78, 5) is 0. The van der Waals surface area contributed by atoms with Crippen molar-refractivity contribution in [1.82, 2.24) is 0 Å². The van der Waals surface area contributed by atoms with Gasteiger partial charge in [-0.25, -0.2) is 26.3 Å². The van der Waals surface area contributed by atoms with E-state index in [2.05, 4.69) is 11.3 Å². The second kappa shape index (κ2) is 10.4. The summed E-state index contributed by atoms with van der Waals surface area (Å²) in [5, 5.41) is 0. The van der Waals surface area contributed by atoms with E-state index in [1.54, 1.807) is 6.07 Å². The summed E-state index contributed by atoms with van der Waals surface area (Å²) in [7, 11) is 0. The van der Waals surface area contributed by atoms with Gasteiger partial charge >= 0.3 is 6.11 Å². The highest BCUT2D eigenvalue weighted by atomic mass is 19.3. The van der Waals surface area contributed by atoms with Crippen molar-refractivity contribution in [3.63, 3.8) is 0 Å². The van der Waals surface area contributed by atoms with Crippen LogP contribution in [0.4, 0.5) is 35.1 Å². The lowest BCUT2D eigenvalue weighted by Crippen LogP contribution is -2.21. The van der Waals surface area contributed by atoms with Gasteiger partial charge in [-0.3, -0.25) is 0 Å². The lowest BCUT2D eigenvalue weighted by atomic mass is 9.83. The summed E-state index contributed by atoms with van der Waals surface area (Å²) in [6.45, 7) is 2.88. The van der Waals surface area contributed by atoms with Crippen LogP contribution in [0.15, 0.2) is 66.7 Å². The van der Waals surface area contributed by atoms with E-state index in [0.29, 0.717) is 12.1 Å². The third-order valence-electron chi connectivity index (χ3n) is 5.58. The molecule has 0 N–H and O–H groups in total. The molecule has 1 aliphatic rings. The van der Waals surface area contributed by atoms with Gasteiger partial charge < -0.3 is 4.74 Å². The minimum atomic E-state index is -4.69. The molecule has 1 aliphatic carbocycles. The Hall–Kier alpha value is -3.10. The molecule has 1 fully saturated rings. The van der Waals surface area contributed by atoms with Crippen LogP contribution in [0.1, 0.15) is 49.1 Å². The fourth-order valence-corrected chi connectivity index (χ4v) is 3.97. The molecule has 0 amide bonds. The van der Waals surface area contributed by atoms with Crippen LogP contribution in [0.25, 0.3) is 11.1 Å². The van der Waals surface area contributed by atoms with Crippen LogP contribution in [0, 0.1) is 17.5 Å². The Balaban J connectivity index is 1.88. The first-order chi connectivity index (χ1) is 16.0. The quantitative estimate of drug-likeness (QED) is 0.215. The summed E-state index contributed by atoms with van der Waals surface area (Å²) in [6, 6.07) is 5.29. The third-order valence-corrected chi connectivity index (χ3v) is 5.58. The van der Waals surface area contributed by atoms with Gasteiger partial charge in [0.25, 0.3) is 0 Å². The van der Waals surface area contributed by atoms with Crippen molar-refractivity contribution < 1.29 is 39.9 Å². The molecule has 0 bridgehead atoms. The van der Waals surface area contributed by atoms with Gasteiger partial charge in [0.05, 0.1) is 0 Å². The van der Waals surface area contributed by atoms with Crippen molar-refractivity contribution in [2.24, 2.45) is 0 Å². The first-order valence-corrected chi connectivity index (χ1v) is 10.4. The molecular weight excluding hydrogens is 468 g/mol. The molecule has 2 aromatic carbocycles. The minimum absolute atomic E-state index is 0.0211. The highest BCUT2D eigenvalue weighted by Crippen LogP contribution is 2.39. The van der Waals surface area contributed by atoms with Gasteiger partial charge in [0, 0.05) is 11.6 Å². The van der Waals surface area contributed by atoms with Gasteiger partial charge in [0.2, 0.25) is 0 Å². The molecular formula is C25H20F8O. The number of hydrogen-bond acceptors (Lipinski definition) is 1. The van der Waals surface area contributed by atoms with Crippen LogP contribution < -0.4 is 0 Å². The van der Waals surface area contributed by atoms with Crippen LogP contribution in [0.2, 0.25) is 0 Å². The average molecular weight is 488 g/mol. The molecule has 182 valence electrons. The summed E-state index contributed by atoms with van der Waals surface area (Å²) >= 11 is 0. The largest absolute Gasteiger partial charge is 0.432 e. The zero-order valence-corrected chi connectivity index (χ0v) is 17.8. The molecule has 0 heterocycles. The molecule has 0 saturated heterocycles. The van der Waals surface area contributed by atoms with Crippen molar-refractivity contribution in [2.45, 2.75) is 44.1 Å². The summed E-state index contributed by atoms with van der Waals surface area (Å²) in [5.41, 5.74) is -1.58. The molecule has 1 nitrogen and oxygen atoms in total. The van der Waals surface area contributed by atoms with E-state index < -0.39 is 52.9 Å². The lowest BCUT2D eigenvalue weighted by molar-refractivity contribution is -0.224. The van der Waals surface area contributed by atoms with E-state index in [0.717, 1.165) is 37.7 Å². The maximum absolute atomic E-state index is 14.7. The molecule has 9 heteroatoms. The summed E-state index contributed by atoms with van der Waals surface area (Å²) < 4.78 is 114. The Labute approximate surface area is 191 Å². The van der Waals surface area contributed by atoms with E-state index in [4.69, 9.17) is 0 Å². The molecule has 1 saturated carbocycles. The second-order valence-corrected chi connectivity index (χ2v) is 7.92. The van der Waals surface area contributed by atoms with Crippen molar-refractivity contribution in [2.75, 3.05) is 0 Å². The second-order valence-electron chi connectivity index (χ2n) is 7.92. The summed E-state index contributed by atoms with van der Waals surface area (Å²) in [6.07, 6.45) is -0.500. The highest BCUT2D eigenvalue weighted by Gasteiger charge is 2.41. The van der Waals surface area contributed by atoms with Crippen molar-refractivity contribution in [3.05, 3.63) is 95.3 Å². The van der Waals surface area contributed by atoms with Crippen LogP contribution in [-0.4, -0.2) is 0 Å². The van der Waals surface area contributed by atoms with Gasteiger partial charge in [-0.05, 0) is 48.1 Å². The van der Waals surface area contributed by atoms with Gasteiger partial charge in [-0.1, -0.05) is 38.0 Å². The normalized spacial score (nSPS) is 16.0. The van der Waals surface area contributed by atoms with E-state index >= 15 is 0 Å². The van der Waals surface area contributed by atoms with Crippen LogP contribution in [0.3, 0.4) is 0 Å². The van der Waals surface area contributed by atoms with Crippen molar-refractivity contribution in [3.8, 4) is 11.1 Å². The first-order valence-electron chi connectivity index (χ1n) is 10.4. The predicted molar refractivity (Wildman–Crippen MR) is 111 cm³/mol. The molecule has 0 aliphatic heterocycles. The number of benzene rings is 2. The first kappa shape index (κ1) is 25.5. The van der Waals surface area contributed by atoms with Gasteiger partial charge in [0.15, 0.2) is 11.7 Å². The molecule has 0 radical (unpaired) electrons. The topological polar surface area (TPSA) is 9.23 Å². The van der Waals surface area contributed by atoms with E-state index in [1.807, 2.05) is 0 Å². The Morgan fingerprint density at radius 1 is 0.912 bits per heavy atom. The monoisotopic (exact) mass is 488 g/mol. The van der Waals surface area contributed by atoms with Gasteiger partial charge in [-0.15, -0.1) is 0 Å². The average Bonchev–Trinajstić information content (AvgIpc) is 2.77. The number of ether oxygens (including phenoxy) is 1. The van der Waals surface area contributed by atoms with E-state index in [-0.39, 0.29) is 23.1 Å². The summed E-state index contributed by atoms with van der Waals surface area (Å²) in [5.74, 6) is -9.27.